The van der Waals surface area contributed by atoms with Gasteiger partial charge in [0.25, 0.3) is 0 Å². The van der Waals surface area contributed by atoms with Gasteiger partial charge in [0, 0.05) is 38.6 Å². The Hall–Kier alpha value is -1.70. The van der Waals surface area contributed by atoms with Crippen LogP contribution in [0.5, 0.6) is 0 Å². The Morgan fingerprint density at radius 1 is 0.690 bits per heavy atom. The highest BCUT2D eigenvalue weighted by Crippen LogP contribution is 2.46. The number of hydrogen-bond acceptors (Lipinski definition) is 0. The Balaban J connectivity index is 2.05. The number of benzene rings is 2. The standard InChI is InChI=1S/C26H29Cl2N/c1-16-21(12-8-14-23(16)27)25-18(3)29(20-10-6-5-7-11-20)19(4)26(25)22-13-9-15-24(28)17(22)2/h8-9,12-15,20H,5-7,10-11H2,1-4H3. The van der Waals surface area contributed by atoms with Gasteiger partial charge in [0.15, 0.2) is 0 Å². The number of nitrogens with zero attached hydrogens (tertiary/aromatic N) is 1. The minimum absolute atomic E-state index is 0.579. The summed E-state index contributed by atoms with van der Waals surface area (Å²) in [6, 6.07) is 13.1. The fourth-order valence-electron chi connectivity index (χ4n) is 5.16. The summed E-state index contributed by atoms with van der Waals surface area (Å²) in [6.07, 6.45) is 6.52. The fraction of sp³-hybridized carbons (Fsp3) is 0.385. The van der Waals surface area contributed by atoms with E-state index in [4.69, 9.17) is 23.2 Å². The van der Waals surface area contributed by atoms with Crippen molar-refractivity contribution in [2.45, 2.75) is 65.8 Å². The van der Waals surface area contributed by atoms with Gasteiger partial charge in [-0.25, -0.2) is 0 Å². The lowest BCUT2D eigenvalue weighted by Gasteiger charge is -2.26. The first-order valence-electron chi connectivity index (χ1n) is 10.6. The van der Waals surface area contributed by atoms with E-state index in [-0.39, 0.29) is 0 Å². The van der Waals surface area contributed by atoms with Gasteiger partial charge in [0.05, 0.1) is 0 Å². The number of halogens is 2. The van der Waals surface area contributed by atoms with Crippen molar-refractivity contribution in [2.75, 3.05) is 0 Å². The molecule has 0 aliphatic heterocycles. The molecule has 0 bridgehead atoms. The van der Waals surface area contributed by atoms with Gasteiger partial charge in [-0.1, -0.05) is 66.7 Å². The van der Waals surface area contributed by atoms with E-state index < -0.39 is 0 Å². The highest BCUT2D eigenvalue weighted by molar-refractivity contribution is 6.32. The van der Waals surface area contributed by atoms with Crippen LogP contribution < -0.4 is 0 Å². The minimum atomic E-state index is 0.579. The molecule has 152 valence electrons. The van der Waals surface area contributed by atoms with E-state index in [9.17, 15) is 0 Å². The second-order valence-corrected chi connectivity index (χ2v) is 9.22. The lowest BCUT2D eigenvalue weighted by molar-refractivity contribution is 0.346. The van der Waals surface area contributed by atoms with Gasteiger partial charge in [-0.2, -0.15) is 0 Å². The van der Waals surface area contributed by atoms with Crippen molar-refractivity contribution >= 4 is 23.2 Å². The normalized spacial score (nSPS) is 15.1. The summed E-state index contributed by atoms with van der Waals surface area (Å²) >= 11 is 13.1. The van der Waals surface area contributed by atoms with Crippen LogP contribution in [0.3, 0.4) is 0 Å². The maximum Gasteiger partial charge on any atom is 0.0441 e. The van der Waals surface area contributed by atoms with Crippen molar-refractivity contribution in [1.82, 2.24) is 4.57 Å². The topological polar surface area (TPSA) is 4.93 Å². The summed E-state index contributed by atoms with van der Waals surface area (Å²) in [6.45, 7) is 8.80. The van der Waals surface area contributed by atoms with Gasteiger partial charge < -0.3 is 4.57 Å². The second-order valence-electron chi connectivity index (χ2n) is 8.41. The van der Waals surface area contributed by atoms with Crippen molar-refractivity contribution in [2.24, 2.45) is 0 Å². The molecule has 0 amide bonds. The van der Waals surface area contributed by atoms with Crippen LogP contribution >= 0.6 is 23.2 Å². The maximum absolute atomic E-state index is 6.54. The van der Waals surface area contributed by atoms with Gasteiger partial charge in [-0.3, -0.25) is 0 Å². The summed E-state index contributed by atoms with van der Waals surface area (Å²) < 4.78 is 2.60. The Bertz CT molecular complexity index is 980. The Kier molecular flexibility index (Phi) is 5.82. The van der Waals surface area contributed by atoms with E-state index >= 15 is 0 Å². The SMILES string of the molecule is Cc1c(Cl)cccc1-c1c(-c2cccc(Cl)c2C)c(C)n(C2CCCCC2)c1C. The van der Waals surface area contributed by atoms with Crippen LogP contribution in [0.2, 0.25) is 10.0 Å². The molecule has 4 rings (SSSR count). The zero-order chi connectivity index (χ0) is 20.7. The third kappa shape index (κ3) is 3.53. The molecule has 1 nitrogen and oxygen atoms in total. The number of rotatable bonds is 3. The average Bonchev–Trinajstić information content (AvgIpc) is 2.97. The number of aromatic nitrogens is 1. The molecule has 1 heterocycles. The summed E-state index contributed by atoms with van der Waals surface area (Å²) in [5.41, 5.74) is 10.0. The molecule has 3 heteroatoms. The molecule has 2 aromatic carbocycles. The van der Waals surface area contributed by atoms with Crippen molar-refractivity contribution in [3.63, 3.8) is 0 Å². The van der Waals surface area contributed by atoms with Gasteiger partial charge >= 0.3 is 0 Å². The quantitative estimate of drug-likeness (QED) is 0.394. The predicted molar refractivity (Wildman–Crippen MR) is 126 cm³/mol. The van der Waals surface area contributed by atoms with Gasteiger partial charge in [0.2, 0.25) is 0 Å². The molecule has 1 aliphatic rings. The molecule has 0 N–H and O–H groups in total. The smallest absolute Gasteiger partial charge is 0.0441 e. The Morgan fingerprint density at radius 3 is 1.59 bits per heavy atom. The van der Waals surface area contributed by atoms with Crippen LogP contribution in [-0.2, 0) is 0 Å². The van der Waals surface area contributed by atoms with Gasteiger partial charge in [-0.15, -0.1) is 0 Å². The molecule has 1 saturated carbocycles. The van der Waals surface area contributed by atoms with E-state index in [0.717, 1.165) is 21.2 Å². The van der Waals surface area contributed by atoms with Crippen molar-refractivity contribution < 1.29 is 0 Å². The first-order valence-corrected chi connectivity index (χ1v) is 11.4. The van der Waals surface area contributed by atoms with E-state index in [1.54, 1.807) is 0 Å². The highest BCUT2D eigenvalue weighted by atomic mass is 35.5. The predicted octanol–water partition coefficient (Wildman–Crippen LogP) is 8.87. The third-order valence-corrected chi connectivity index (χ3v) is 7.53. The van der Waals surface area contributed by atoms with Crippen molar-refractivity contribution in [3.8, 4) is 22.3 Å². The molecule has 0 atom stereocenters. The molecule has 1 aliphatic carbocycles. The monoisotopic (exact) mass is 425 g/mol. The molecule has 0 saturated heterocycles. The zero-order valence-corrected chi connectivity index (χ0v) is 19.3. The molecule has 3 aromatic rings. The van der Waals surface area contributed by atoms with Crippen LogP contribution in [0.4, 0.5) is 0 Å². The average molecular weight is 426 g/mol. The van der Waals surface area contributed by atoms with E-state index in [1.165, 1.54) is 65.7 Å². The second kappa shape index (κ2) is 8.20. The summed E-state index contributed by atoms with van der Waals surface area (Å²) in [7, 11) is 0. The molecule has 1 aromatic heterocycles. The van der Waals surface area contributed by atoms with E-state index in [0.29, 0.717) is 6.04 Å². The van der Waals surface area contributed by atoms with Gasteiger partial charge in [0.1, 0.15) is 0 Å². The summed E-state index contributed by atoms with van der Waals surface area (Å²) in [4.78, 5) is 0. The van der Waals surface area contributed by atoms with Crippen LogP contribution in [0.15, 0.2) is 36.4 Å². The van der Waals surface area contributed by atoms with Crippen molar-refractivity contribution in [1.29, 1.82) is 0 Å². The molecule has 29 heavy (non-hydrogen) atoms. The third-order valence-electron chi connectivity index (χ3n) is 6.71. The van der Waals surface area contributed by atoms with Crippen LogP contribution in [-0.4, -0.2) is 4.57 Å². The molecular formula is C26H29Cl2N. The van der Waals surface area contributed by atoms with Crippen LogP contribution in [0.1, 0.15) is 60.7 Å². The summed E-state index contributed by atoms with van der Waals surface area (Å²) in [5, 5.41) is 1.64. The minimum Gasteiger partial charge on any atom is -0.345 e. The Labute approximate surface area is 184 Å². The van der Waals surface area contributed by atoms with Crippen LogP contribution in [0, 0.1) is 27.7 Å². The van der Waals surface area contributed by atoms with Crippen LogP contribution in [0.25, 0.3) is 22.3 Å². The first kappa shape index (κ1) is 20.6. The van der Waals surface area contributed by atoms with Crippen molar-refractivity contribution in [3.05, 3.63) is 69.0 Å². The maximum atomic E-state index is 6.54. The zero-order valence-electron chi connectivity index (χ0n) is 17.8. The van der Waals surface area contributed by atoms with Gasteiger partial charge in [-0.05, 0) is 74.9 Å². The van der Waals surface area contributed by atoms with E-state index in [1.807, 2.05) is 12.1 Å². The lowest BCUT2D eigenvalue weighted by Crippen LogP contribution is -2.15. The Morgan fingerprint density at radius 2 is 1.14 bits per heavy atom. The molecular weight excluding hydrogens is 397 g/mol. The molecule has 0 radical (unpaired) electrons. The lowest BCUT2D eigenvalue weighted by atomic mass is 9.91. The highest BCUT2D eigenvalue weighted by Gasteiger charge is 2.27. The number of hydrogen-bond donors (Lipinski definition) is 0. The first-order chi connectivity index (χ1) is 13.9. The largest absolute Gasteiger partial charge is 0.345 e. The van der Waals surface area contributed by atoms with E-state index in [2.05, 4.69) is 56.5 Å². The molecule has 1 fully saturated rings. The summed E-state index contributed by atoms with van der Waals surface area (Å²) in [5.74, 6) is 0. The molecule has 0 spiro atoms. The fourth-order valence-corrected chi connectivity index (χ4v) is 5.51. The molecule has 0 unspecified atom stereocenters.